The van der Waals surface area contributed by atoms with Crippen LogP contribution in [-0.4, -0.2) is 23.3 Å². The molecule has 1 aliphatic heterocycles. The first-order valence-corrected chi connectivity index (χ1v) is 8.20. The molecule has 0 aromatic carbocycles. The molecule has 3 heteroatoms. The highest BCUT2D eigenvalue weighted by Gasteiger charge is 2.22. The highest BCUT2D eigenvalue weighted by molar-refractivity contribution is 5.95. The zero-order chi connectivity index (χ0) is 14.6. The molecule has 0 radical (unpaired) electrons. The predicted octanol–water partition coefficient (Wildman–Crippen LogP) is 4.22. The first-order chi connectivity index (χ1) is 9.75. The van der Waals surface area contributed by atoms with E-state index in [1.54, 1.807) is 0 Å². The average Bonchev–Trinajstić information content (AvgIpc) is 2.66. The molecule has 1 heterocycles. The molecule has 2 amide bonds. The van der Waals surface area contributed by atoms with Crippen molar-refractivity contribution in [3.05, 3.63) is 12.7 Å². The summed E-state index contributed by atoms with van der Waals surface area (Å²) in [5.41, 5.74) is 0. The Balaban J connectivity index is 2.07. The summed E-state index contributed by atoms with van der Waals surface area (Å²) in [6.45, 7) is 4.35. The molecule has 0 aromatic rings. The normalized spacial score (nSPS) is 16.0. The lowest BCUT2D eigenvalue weighted by Crippen LogP contribution is -2.36. The number of allylic oxidation sites excluding steroid dienone is 1. The van der Waals surface area contributed by atoms with Crippen molar-refractivity contribution in [1.29, 1.82) is 0 Å². The van der Waals surface area contributed by atoms with Crippen molar-refractivity contribution in [3.8, 4) is 0 Å². The summed E-state index contributed by atoms with van der Waals surface area (Å²) in [7, 11) is 0. The molecule has 114 valence electrons. The third-order valence-electron chi connectivity index (χ3n) is 3.92. The van der Waals surface area contributed by atoms with Gasteiger partial charge in [0.15, 0.2) is 0 Å². The van der Waals surface area contributed by atoms with Crippen LogP contribution in [0.3, 0.4) is 0 Å². The van der Waals surface area contributed by atoms with E-state index < -0.39 is 0 Å². The molecule has 0 N–H and O–H groups in total. The van der Waals surface area contributed by atoms with Gasteiger partial charge >= 0.3 is 0 Å². The summed E-state index contributed by atoms with van der Waals surface area (Å²) in [6.07, 6.45) is 14.1. The van der Waals surface area contributed by atoms with Crippen molar-refractivity contribution < 1.29 is 9.59 Å². The molecular weight excluding hydrogens is 250 g/mol. The molecule has 1 aliphatic rings. The molecule has 3 nitrogen and oxygen atoms in total. The summed E-state index contributed by atoms with van der Waals surface area (Å²) in [5.74, 6) is 0.0838. The van der Waals surface area contributed by atoms with E-state index in [1.807, 2.05) is 6.08 Å². The number of amides is 2. The minimum atomic E-state index is 0.0388. The number of nitrogens with zero attached hydrogens (tertiary/aromatic N) is 1. The van der Waals surface area contributed by atoms with Crippen molar-refractivity contribution in [2.45, 2.75) is 77.0 Å². The van der Waals surface area contributed by atoms with Crippen LogP contribution in [0.2, 0.25) is 0 Å². The third-order valence-corrected chi connectivity index (χ3v) is 3.92. The van der Waals surface area contributed by atoms with Gasteiger partial charge in [0.05, 0.1) is 0 Å². The van der Waals surface area contributed by atoms with Crippen LogP contribution >= 0.6 is 0 Å². The summed E-state index contributed by atoms with van der Waals surface area (Å²) in [6, 6.07) is 0. The largest absolute Gasteiger partial charge is 0.283 e. The fourth-order valence-electron chi connectivity index (χ4n) is 2.65. The van der Waals surface area contributed by atoms with E-state index in [-0.39, 0.29) is 11.8 Å². The fraction of sp³-hybridized carbons (Fsp3) is 0.765. The van der Waals surface area contributed by atoms with Crippen molar-refractivity contribution >= 4 is 11.8 Å². The monoisotopic (exact) mass is 279 g/mol. The van der Waals surface area contributed by atoms with E-state index in [4.69, 9.17) is 0 Å². The summed E-state index contributed by atoms with van der Waals surface area (Å²) < 4.78 is 0. The SMILES string of the molecule is C=CCCCCCCCCC(=O)N1CCCCCC1=O. The molecule has 1 fully saturated rings. The van der Waals surface area contributed by atoms with Gasteiger partial charge in [-0.25, -0.2) is 0 Å². The molecule has 0 unspecified atom stereocenters. The maximum absolute atomic E-state index is 12.0. The maximum atomic E-state index is 12.0. The highest BCUT2D eigenvalue weighted by atomic mass is 16.2. The smallest absolute Gasteiger partial charge is 0.229 e. The fourth-order valence-corrected chi connectivity index (χ4v) is 2.65. The van der Waals surface area contributed by atoms with Gasteiger partial charge in [-0.15, -0.1) is 6.58 Å². The van der Waals surface area contributed by atoms with Crippen LogP contribution in [-0.2, 0) is 9.59 Å². The quantitative estimate of drug-likeness (QED) is 0.468. The Morgan fingerprint density at radius 2 is 1.75 bits per heavy atom. The number of carbonyl (C=O) groups excluding carboxylic acids is 2. The number of unbranched alkanes of at least 4 members (excludes halogenated alkanes) is 6. The second kappa shape index (κ2) is 10.6. The Kier molecular flexibility index (Phi) is 9.01. The molecule has 20 heavy (non-hydrogen) atoms. The van der Waals surface area contributed by atoms with Gasteiger partial charge in [-0.3, -0.25) is 14.5 Å². The van der Waals surface area contributed by atoms with E-state index in [9.17, 15) is 9.59 Å². The van der Waals surface area contributed by atoms with Crippen LogP contribution in [0, 0.1) is 0 Å². The first kappa shape index (κ1) is 16.9. The van der Waals surface area contributed by atoms with Gasteiger partial charge in [-0.05, 0) is 32.1 Å². The van der Waals surface area contributed by atoms with Gasteiger partial charge < -0.3 is 0 Å². The van der Waals surface area contributed by atoms with Crippen LogP contribution in [0.1, 0.15) is 77.0 Å². The van der Waals surface area contributed by atoms with Gasteiger partial charge in [-0.2, -0.15) is 0 Å². The number of carbonyl (C=O) groups is 2. The summed E-state index contributed by atoms with van der Waals surface area (Å²) in [5, 5.41) is 0. The molecule has 0 atom stereocenters. The van der Waals surface area contributed by atoms with Gasteiger partial charge in [0.2, 0.25) is 11.8 Å². The Bertz CT molecular complexity index is 312. The van der Waals surface area contributed by atoms with E-state index in [0.717, 1.165) is 38.5 Å². The minimum absolute atomic E-state index is 0.0388. The second-order valence-electron chi connectivity index (χ2n) is 5.70. The van der Waals surface area contributed by atoms with E-state index in [1.165, 1.54) is 30.6 Å². The number of hydrogen-bond donors (Lipinski definition) is 0. The van der Waals surface area contributed by atoms with Crippen molar-refractivity contribution in [2.24, 2.45) is 0 Å². The van der Waals surface area contributed by atoms with Crippen LogP contribution in [0.4, 0.5) is 0 Å². The molecule has 0 spiro atoms. The second-order valence-corrected chi connectivity index (χ2v) is 5.70. The molecule has 0 saturated carbocycles. The lowest BCUT2D eigenvalue weighted by molar-refractivity contribution is -0.144. The summed E-state index contributed by atoms with van der Waals surface area (Å²) >= 11 is 0. The van der Waals surface area contributed by atoms with Crippen LogP contribution in [0.25, 0.3) is 0 Å². The minimum Gasteiger partial charge on any atom is -0.283 e. The molecule has 1 rings (SSSR count). The van der Waals surface area contributed by atoms with Gasteiger partial charge in [0.25, 0.3) is 0 Å². The van der Waals surface area contributed by atoms with Crippen molar-refractivity contribution in [3.63, 3.8) is 0 Å². The molecule has 0 aromatic heterocycles. The van der Waals surface area contributed by atoms with Gasteiger partial charge in [0, 0.05) is 19.4 Å². The first-order valence-electron chi connectivity index (χ1n) is 8.20. The standard InChI is InChI=1S/C17H29NO2/c1-2-3-4-5-6-7-8-10-13-16(19)18-15-12-9-11-14-17(18)20/h2H,1,3-15H2. The Morgan fingerprint density at radius 1 is 1.05 bits per heavy atom. The Hall–Kier alpha value is -1.12. The zero-order valence-electron chi connectivity index (χ0n) is 12.7. The van der Waals surface area contributed by atoms with E-state index in [2.05, 4.69) is 6.58 Å². The molecule has 0 aliphatic carbocycles. The van der Waals surface area contributed by atoms with Gasteiger partial charge in [-0.1, -0.05) is 38.2 Å². The molecule has 1 saturated heterocycles. The van der Waals surface area contributed by atoms with E-state index >= 15 is 0 Å². The van der Waals surface area contributed by atoms with Crippen LogP contribution in [0.5, 0.6) is 0 Å². The predicted molar refractivity (Wildman–Crippen MR) is 82.3 cm³/mol. The van der Waals surface area contributed by atoms with Crippen LogP contribution in [0.15, 0.2) is 12.7 Å². The molecular formula is C17H29NO2. The third kappa shape index (κ3) is 6.88. The number of imide groups is 1. The maximum Gasteiger partial charge on any atom is 0.229 e. The number of likely N-dealkylation sites (tertiary alicyclic amines) is 1. The van der Waals surface area contributed by atoms with Gasteiger partial charge in [0.1, 0.15) is 0 Å². The topological polar surface area (TPSA) is 37.4 Å². The lowest BCUT2D eigenvalue weighted by Gasteiger charge is -2.18. The Morgan fingerprint density at radius 3 is 2.50 bits per heavy atom. The highest BCUT2D eigenvalue weighted by Crippen LogP contribution is 2.14. The summed E-state index contributed by atoms with van der Waals surface area (Å²) in [4.78, 5) is 25.3. The Labute approximate surface area is 123 Å². The van der Waals surface area contributed by atoms with Crippen molar-refractivity contribution in [1.82, 2.24) is 4.90 Å². The van der Waals surface area contributed by atoms with Crippen molar-refractivity contribution in [2.75, 3.05) is 6.54 Å². The van der Waals surface area contributed by atoms with Crippen LogP contribution < -0.4 is 0 Å². The average molecular weight is 279 g/mol. The number of rotatable bonds is 9. The van der Waals surface area contributed by atoms with E-state index in [0.29, 0.717) is 19.4 Å². The zero-order valence-corrected chi connectivity index (χ0v) is 12.7. The molecule has 0 bridgehead atoms. The number of hydrogen-bond acceptors (Lipinski definition) is 2. The lowest BCUT2D eigenvalue weighted by atomic mass is 10.1.